The zero-order valence-electron chi connectivity index (χ0n) is 13.6. The van der Waals surface area contributed by atoms with E-state index in [-0.39, 0.29) is 0 Å². The summed E-state index contributed by atoms with van der Waals surface area (Å²) < 4.78 is 5.87. The van der Waals surface area contributed by atoms with Crippen molar-refractivity contribution < 1.29 is 4.74 Å². The predicted octanol–water partition coefficient (Wildman–Crippen LogP) is 5.84. The summed E-state index contributed by atoms with van der Waals surface area (Å²) in [5, 5.41) is 4.18. The molecule has 0 amide bonds. The highest BCUT2D eigenvalue weighted by Crippen LogP contribution is 2.18. The molecule has 0 spiro atoms. The van der Waals surface area contributed by atoms with Crippen LogP contribution < -0.4 is 10.1 Å². The largest absolute Gasteiger partial charge is 0.489 e. The molecule has 3 aromatic rings. The van der Waals surface area contributed by atoms with Crippen LogP contribution in [0.2, 0.25) is 5.02 Å². The van der Waals surface area contributed by atoms with Crippen LogP contribution in [-0.2, 0) is 13.2 Å². The molecule has 0 atom stereocenters. The van der Waals surface area contributed by atoms with E-state index in [1.54, 1.807) is 0 Å². The average molecular weight is 338 g/mol. The average Bonchev–Trinajstić information content (AvgIpc) is 2.60. The van der Waals surface area contributed by atoms with Gasteiger partial charge in [0.05, 0.1) is 0 Å². The number of benzene rings is 3. The van der Waals surface area contributed by atoms with Crippen molar-refractivity contribution in [1.82, 2.24) is 0 Å². The lowest BCUT2D eigenvalue weighted by Crippen LogP contribution is -2.00. The Morgan fingerprint density at radius 1 is 0.875 bits per heavy atom. The van der Waals surface area contributed by atoms with Crippen molar-refractivity contribution in [2.24, 2.45) is 0 Å². The summed E-state index contributed by atoms with van der Waals surface area (Å²) in [6, 6.07) is 24.2. The van der Waals surface area contributed by atoms with Crippen LogP contribution in [0.15, 0.2) is 72.8 Å². The maximum Gasteiger partial charge on any atom is 0.120 e. The Bertz CT molecular complexity index is 799. The number of rotatable bonds is 6. The number of aryl methyl sites for hydroxylation is 1. The maximum absolute atomic E-state index is 5.90. The van der Waals surface area contributed by atoms with Gasteiger partial charge in [0.2, 0.25) is 0 Å². The molecule has 2 nitrogen and oxygen atoms in total. The topological polar surface area (TPSA) is 21.3 Å². The van der Waals surface area contributed by atoms with E-state index in [4.69, 9.17) is 16.3 Å². The molecule has 0 aliphatic carbocycles. The lowest BCUT2D eigenvalue weighted by molar-refractivity contribution is 0.306. The van der Waals surface area contributed by atoms with Gasteiger partial charge >= 0.3 is 0 Å². The second kappa shape index (κ2) is 7.89. The van der Waals surface area contributed by atoms with Gasteiger partial charge in [-0.15, -0.1) is 0 Å². The molecule has 0 saturated heterocycles. The number of anilines is 1. The van der Waals surface area contributed by atoms with Gasteiger partial charge in [-0.25, -0.2) is 0 Å². The third kappa shape index (κ3) is 4.77. The van der Waals surface area contributed by atoms with Crippen LogP contribution in [0.1, 0.15) is 16.7 Å². The normalized spacial score (nSPS) is 10.4. The molecule has 3 heteroatoms. The number of ether oxygens (including phenoxy) is 1. The van der Waals surface area contributed by atoms with Gasteiger partial charge in [0.1, 0.15) is 12.4 Å². The molecule has 0 aromatic heterocycles. The van der Waals surface area contributed by atoms with Gasteiger partial charge in [0.15, 0.2) is 0 Å². The minimum atomic E-state index is 0.534. The zero-order valence-corrected chi connectivity index (χ0v) is 14.4. The Morgan fingerprint density at radius 3 is 2.46 bits per heavy atom. The van der Waals surface area contributed by atoms with Crippen LogP contribution in [0.3, 0.4) is 0 Å². The monoisotopic (exact) mass is 337 g/mol. The van der Waals surface area contributed by atoms with Crippen LogP contribution >= 0.6 is 11.6 Å². The van der Waals surface area contributed by atoms with Crippen LogP contribution in [0.25, 0.3) is 0 Å². The highest BCUT2D eigenvalue weighted by atomic mass is 35.5. The first kappa shape index (κ1) is 16.4. The maximum atomic E-state index is 5.90. The number of nitrogens with one attached hydrogen (secondary N) is 1. The molecular formula is C21H20ClNO. The van der Waals surface area contributed by atoms with Crippen LogP contribution in [-0.4, -0.2) is 0 Å². The Kier molecular flexibility index (Phi) is 5.39. The molecule has 0 heterocycles. The minimum Gasteiger partial charge on any atom is -0.489 e. The Labute approximate surface area is 148 Å². The summed E-state index contributed by atoms with van der Waals surface area (Å²) in [6.07, 6.45) is 0. The van der Waals surface area contributed by atoms with Gasteiger partial charge in [0, 0.05) is 17.3 Å². The highest BCUT2D eigenvalue weighted by molar-refractivity contribution is 6.30. The molecular weight excluding hydrogens is 318 g/mol. The van der Waals surface area contributed by atoms with Crippen molar-refractivity contribution in [1.29, 1.82) is 0 Å². The van der Waals surface area contributed by atoms with Crippen molar-refractivity contribution in [2.45, 2.75) is 20.1 Å². The fraction of sp³-hybridized carbons (Fsp3) is 0.143. The number of halogens is 1. The number of hydrogen-bond donors (Lipinski definition) is 1. The molecule has 0 bridgehead atoms. The summed E-state index contributed by atoms with van der Waals surface area (Å²) >= 11 is 5.90. The Hall–Kier alpha value is -2.45. The van der Waals surface area contributed by atoms with Gasteiger partial charge in [-0.2, -0.15) is 0 Å². The molecule has 3 aromatic carbocycles. The first-order valence-corrected chi connectivity index (χ1v) is 8.33. The predicted molar refractivity (Wildman–Crippen MR) is 101 cm³/mol. The van der Waals surface area contributed by atoms with Gasteiger partial charge < -0.3 is 10.1 Å². The molecule has 0 aliphatic rings. The number of hydrogen-bond acceptors (Lipinski definition) is 2. The van der Waals surface area contributed by atoms with E-state index in [0.717, 1.165) is 28.6 Å². The van der Waals surface area contributed by atoms with Crippen molar-refractivity contribution in [3.8, 4) is 5.75 Å². The first-order chi connectivity index (χ1) is 11.7. The molecule has 0 fully saturated rings. The van der Waals surface area contributed by atoms with Crippen LogP contribution in [0, 0.1) is 6.92 Å². The van der Waals surface area contributed by atoms with Gasteiger partial charge in [-0.05, 0) is 60.0 Å². The third-order valence-electron chi connectivity index (χ3n) is 3.73. The second-order valence-corrected chi connectivity index (χ2v) is 6.22. The minimum absolute atomic E-state index is 0.534. The van der Waals surface area contributed by atoms with Crippen molar-refractivity contribution in [3.05, 3.63) is 94.5 Å². The smallest absolute Gasteiger partial charge is 0.120 e. The van der Waals surface area contributed by atoms with Crippen molar-refractivity contribution in [2.75, 3.05) is 5.32 Å². The highest BCUT2D eigenvalue weighted by Gasteiger charge is 2.00. The Morgan fingerprint density at radius 2 is 1.67 bits per heavy atom. The van der Waals surface area contributed by atoms with Crippen molar-refractivity contribution >= 4 is 17.3 Å². The summed E-state index contributed by atoms with van der Waals surface area (Å²) in [4.78, 5) is 0. The molecule has 122 valence electrons. The molecule has 3 rings (SSSR count). The molecule has 24 heavy (non-hydrogen) atoms. The second-order valence-electron chi connectivity index (χ2n) is 5.79. The van der Waals surface area contributed by atoms with E-state index in [2.05, 4.69) is 48.6 Å². The zero-order chi connectivity index (χ0) is 16.8. The molecule has 0 radical (unpaired) electrons. The van der Waals surface area contributed by atoms with E-state index < -0.39 is 0 Å². The quantitative estimate of drug-likeness (QED) is 0.610. The molecule has 0 saturated carbocycles. The van der Waals surface area contributed by atoms with E-state index in [1.165, 1.54) is 11.1 Å². The molecule has 0 unspecified atom stereocenters. The van der Waals surface area contributed by atoms with E-state index in [0.29, 0.717) is 6.61 Å². The Balaban J connectivity index is 1.58. The van der Waals surface area contributed by atoms with E-state index in [9.17, 15) is 0 Å². The fourth-order valence-corrected chi connectivity index (χ4v) is 2.58. The summed E-state index contributed by atoms with van der Waals surface area (Å²) in [7, 11) is 0. The summed E-state index contributed by atoms with van der Waals surface area (Å²) in [6.45, 7) is 3.39. The van der Waals surface area contributed by atoms with Gasteiger partial charge in [0.25, 0.3) is 0 Å². The summed E-state index contributed by atoms with van der Waals surface area (Å²) in [5.41, 5.74) is 4.66. The van der Waals surface area contributed by atoms with Crippen LogP contribution in [0.5, 0.6) is 5.75 Å². The fourth-order valence-electron chi connectivity index (χ4n) is 2.45. The third-order valence-corrected chi connectivity index (χ3v) is 3.98. The molecule has 0 aliphatic heterocycles. The van der Waals surface area contributed by atoms with Gasteiger partial charge in [-0.3, -0.25) is 0 Å². The van der Waals surface area contributed by atoms with Crippen molar-refractivity contribution in [3.63, 3.8) is 0 Å². The molecule has 1 N–H and O–H groups in total. The standard InChI is InChI=1S/C21H20ClNO/c1-16-4-2-6-20(12-16)23-14-18-5-3-7-21(13-18)24-15-17-8-10-19(22)11-9-17/h2-13,23H,14-15H2,1H3. The van der Waals surface area contributed by atoms with E-state index >= 15 is 0 Å². The summed E-state index contributed by atoms with van der Waals surface area (Å²) in [5.74, 6) is 0.869. The SMILES string of the molecule is Cc1cccc(NCc2cccc(OCc3ccc(Cl)cc3)c2)c1. The van der Waals surface area contributed by atoms with Crippen LogP contribution in [0.4, 0.5) is 5.69 Å². The van der Waals surface area contributed by atoms with E-state index in [1.807, 2.05) is 36.4 Å². The lowest BCUT2D eigenvalue weighted by atomic mass is 10.2. The lowest BCUT2D eigenvalue weighted by Gasteiger charge is -2.10. The first-order valence-electron chi connectivity index (χ1n) is 7.96. The van der Waals surface area contributed by atoms with Gasteiger partial charge in [-0.1, -0.05) is 48.0 Å².